The van der Waals surface area contributed by atoms with Gasteiger partial charge < -0.3 is 21.1 Å². The van der Waals surface area contributed by atoms with Crippen LogP contribution in [0.25, 0.3) is 0 Å². The van der Waals surface area contributed by atoms with E-state index in [-0.39, 0.29) is 36.6 Å². The van der Waals surface area contributed by atoms with Gasteiger partial charge in [0.15, 0.2) is 0 Å². The molecule has 2 fully saturated rings. The number of carbonyl (C=O) groups excluding carboxylic acids is 5. The molecule has 4 rings (SSSR count). The van der Waals surface area contributed by atoms with Crippen molar-refractivity contribution in [3.63, 3.8) is 0 Å². The first-order chi connectivity index (χ1) is 20.8. The summed E-state index contributed by atoms with van der Waals surface area (Å²) in [6, 6.07) is 2.29. The molecule has 1 aromatic heterocycles. The molecule has 13 nitrogen and oxygen atoms in total. The summed E-state index contributed by atoms with van der Waals surface area (Å²) >= 11 is 0. The van der Waals surface area contributed by atoms with Gasteiger partial charge in [-0.25, -0.2) is 14.1 Å². The summed E-state index contributed by atoms with van der Waals surface area (Å²) in [7, 11) is 0. The molecule has 0 bridgehead atoms. The predicted octanol–water partition coefficient (Wildman–Crippen LogP) is 1.60. The van der Waals surface area contributed by atoms with Crippen molar-refractivity contribution < 1.29 is 33.5 Å². The van der Waals surface area contributed by atoms with E-state index in [1.807, 2.05) is 0 Å². The van der Waals surface area contributed by atoms with Gasteiger partial charge in [-0.05, 0) is 45.2 Å². The van der Waals surface area contributed by atoms with Gasteiger partial charge in [0.25, 0.3) is 17.7 Å². The van der Waals surface area contributed by atoms with Gasteiger partial charge in [-0.15, -0.1) is 5.10 Å². The number of benzene rings is 1. The topological polar surface area (TPSA) is 190 Å². The Labute approximate surface area is 254 Å². The number of halogens is 1. The number of nitrogens with one attached hydrogen (secondary N) is 1. The Hall–Kier alpha value is -4.33. The van der Waals surface area contributed by atoms with Crippen molar-refractivity contribution in [1.82, 2.24) is 25.2 Å². The molecular weight excluding hydrogens is 573 g/mol. The molecule has 1 unspecified atom stereocenters. The van der Waals surface area contributed by atoms with Crippen LogP contribution in [-0.2, 0) is 24.8 Å². The lowest BCUT2D eigenvalue weighted by molar-refractivity contribution is -0.139. The summed E-state index contributed by atoms with van der Waals surface area (Å²) in [5, 5.41) is 21.1. The number of ketones is 1. The number of hydrogen-bond donors (Lipinski definition) is 3. The molecule has 1 aromatic carbocycles. The molecule has 3 atom stereocenters. The number of carbonyl (C=O) groups is 5. The number of nitrogens with two attached hydrogens (primary N) is 1. The molecule has 44 heavy (non-hydrogen) atoms. The summed E-state index contributed by atoms with van der Waals surface area (Å²) in [5.41, 5.74) is 3.71. The predicted molar refractivity (Wildman–Crippen MR) is 156 cm³/mol. The standard InChI is InChI=1S/C30H38FN7O6/c1-17(25(39)26(32)40)34-28(42)23-14-19(38-24(15-33-36-38)30(2,3)44)16-37(23)29(43)22(13-18-9-5-4-6-10-18)35-27(41)20-11-7-8-12-21(20)31/h7-8,11-12,15,17-19,23,44H,4-6,9-10,13-14,16H2,1-3H3,(H2,32,40)(H,34,42)/b35-22+/t17?,19-,23-/m0/s1. The molecule has 0 radical (unpaired) electrons. The van der Waals surface area contributed by atoms with E-state index in [2.05, 4.69) is 20.6 Å². The number of hydrogen-bond acceptors (Lipinski definition) is 8. The van der Waals surface area contributed by atoms with Crippen LogP contribution in [0.4, 0.5) is 4.39 Å². The molecule has 2 heterocycles. The summed E-state index contributed by atoms with van der Waals surface area (Å²) < 4.78 is 15.9. The second-order valence-corrected chi connectivity index (χ2v) is 12.0. The average molecular weight is 612 g/mol. The Kier molecular flexibility index (Phi) is 10.0. The van der Waals surface area contributed by atoms with E-state index < -0.39 is 59.0 Å². The van der Waals surface area contributed by atoms with Crippen LogP contribution in [-0.4, -0.2) is 78.8 Å². The van der Waals surface area contributed by atoms with Crippen LogP contribution in [0.2, 0.25) is 0 Å². The van der Waals surface area contributed by atoms with Crippen molar-refractivity contribution in [2.24, 2.45) is 16.6 Å². The maximum Gasteiger partial charge on any atom is 0.287 e. The number of aliphatic hydroxyl groups is 1. The Bertz CT molecular complexity index is 1460. The third kappa shape index (κ3) is 7.41. The van der Waals surface area contributed by atoms with Crippen LogP contribution in [0, 0.1) is 11.7 Å². The van der Waals surface area contributed by atoms with E-state index in [9.17, 15) is 33.5 Å². The molecule has 1 aliphatic carbocycles. The zero-order valence-corrected chi connectivity index (χ0v) is 25.0. The number of primary amides is 1. The van der Waals surface area contributed by atoms with Crippen molar-refractivity contribution in [1.29, 1.82) is 0 Å². The number of aliphatic imine (C=N–C) groups is 1. The highest BCUT2D eigenvalue weighted by molar-refractivity contribution is 6.41. The van der Waals surface area contributed by atoms with Gasteiger partial charge in [-0.2, -0.15) is 0 Å². The Morgan fingerprint density at radius 3 is 2.48 bits per heavy atom. The quantitative estimate of drug-likeness (QED) is 0.267. The second kappa shape index (κ2) is 13.5. The lowest BCUT2D eigenvalue weighted by Gasteiger charge is -2.27. The maximum atomic E-state index is 14.5. The molecule has 14 heteroatoms. The van der Waals surface area contributed by atoms with Gasteiger partial charge in [0.2, 0.25) is 11.7 Å². The molecule has 236 valence electrons. The lowest BCUT2D eigenvalue weighted by atomic mass is 9.85. The molecule has 1 saturated carbocycles. The van der Waals surface area contributed by atoms with Crippen molar-refractivity contribution in [3.05, 3.63) is 47.5 Å². The second-order valence-electron chi connectivity index (χ2n) is 12.0. The fourth-order valence-electron chi connectivity index (χ4n) is 5.83. The number of likely N-dealkylation sites (tertiary alicyclic amines) is 1. The van der Waals surface area contributed by atoms with Crippen LogP contribution in [0.5, 0.6) is 0 Å². The van der Waals surface area contributed by atoms with Crippen LogP contribution < -0.4 is 11.1 Å². The van der Waals surface area contributed by atoms with Gasteiger partial charge in [0.1, 0.15) is 23.2 Å². The molecule has 4 amide bonds. The summed E-state index contributed by atoms with van der Waals surface area (Å²) in [6.45, 7) is 4.32. The number of amides is 4. The molecular formula is C30H38FN7O6. The fourth-order valence-corrected chi connectivity index (χ4v) is 5.83. The zero-order chi connectivity index (χ0) is 32.2. The van der Waals surface area contributed by atoms with Crippen molar-refractivity contribution in [3.8, 4) is 0 Å². The Balaban J connectivity index is 1.71. The minimum atomic E-state index is -1.35. The van der Waals surface area contributed by atoms with Gasteiger partial charge in [-0.3, -0.25) is 24.0 Å². The fraction of sp³-hybridized carbons (Fsp3) is 0.533. The van der Waals surface area contributed by atoms with Crippen LogP contribution in [0.1, 0.15) is 87.8 Å². The highest BCUT2D eigenvalue weighted by atomic mass is 19.1. The normalized spacial score (nSPS) is 20.3. The SMILES string of the molecule is CC(NC(=O)[C@@H]1C[C@H](n2nncc2C(C)(C)O)CN1C(=O)/C(CC1CCCCC1)=N/C(=O)c1ccccc1F)C(=O)C(N)=O. The van der Waals surface area contributed by atoms with Gasteiger partial charge >= 0.3 is 0 Å². The minimum absolute atomic E-state index is 0.0134. The lowest BCUT2D eigenvalue weighted by Crippen LogP contribution is -2.52. The highest BCUT2D eigenvalue weighted by Gasteiger charge is 2.44. The van der Waals surface area contributed by atoms with E-state index >= 15 is 0 Å². The molecule has 0 spiro atoms. The van der Waals surface area contributed by atoms with E-state index in [0.29, 0.717) is 5.69 Å². The van der Waals surface area contributed by atoms with E-state index in [0.717, 1.165) is 38.2 Å². The highest BCUT2D eigenvalue weighted by Crippen LogP contribution is 2.33. The largest absolute Gasteiger partial charge is 0.384 e. The van der Waals surface area contributed by atoms with Gasteiger partial charge in [0, 0.05) is 13.0 Å². The number of nitrogens with zero attached hydrogens (tertiary/aromatic N) is 5. The smallest absolute Gasteiger partial charge is 0.287 e. The van der Waals surface area contributed by atoms with Crippen molar-refractivity contribution in [2.75, 3.05) is 6.54 Å². The van der Waals surface area contributed by atoms with Crippen LogP contribution in [0.3, 0.4) is 0 Å². The van der Waals surface area contributed by atoms with Gasteiger partial charge in [0.05, 0.1) is 29.5 Å². The number of Topliss-reactive ketones (excluding diaryl/α,β-unsaturated/α-hetero) is 1. The van der Waals surface area contributed by atoms with E-state index in [1.165, 1.54) is 40.9 Å². The van der Waals surface area contributed by atoms with E-state index in [1.54, 1.807) is 13.8 Å². The van der Waals surface area contributed by atoms with Gasteiger partial charge in [-0.1, -0.05) is 49.5 Å². The van der Waals surface area contributed by atoms with Crippen LogP contribution >= 0.6 is 0 Å². The third-order valence-corrected chi connectivity index (χ3v) is 8.18. The summed E-state index contributed by atoms with van der Waals surface area (Å²) in [4.78, 5) is 69.8. The third-order valence-electron chi connectivity index (χ3n) is 8.18. The Morgan fingerprint density at radius 1 is 1.16 bits per heavy atom. The monoisotopic (exact) mass is 611 g/mol. The number of rotatable bonds is 10. The van der Waals surface area contributed by atoms with Crippen molar-refractivity contribution >= 4 is 35.1 Å². The Morgan fingerprint density at radius 2 is 1.84 bits per heavy atom. The first kappa shape index (κ1) is 32.6. The molecule has 4 N–H and O–H groups in total. The number of aromatic nitrogens is 3. The molecule has 1 saturated heterocycles. The summed E-state index contributed by atoms with van der Waals surface area (Å²) in [6.07, 6.45) is 6.19. The summed E-state index contributed by atoms with van der Waals surface area (Å²) in [5.74, 6) is -5.28. The molecule has 2 aliphatic rings. The molecule has 2 aromatic rings. The first-order valence-electron chi connectivity index (χ1n) is 14.7. The minimum Gasteiger partial charge on any atom is -0.384 e. The zero-order valence-electron chi connectivity index (χ0n) is 25.0. The first-order valence-corrected chi connectivity index (χ1v) is 14.7. The molecule has 1 aliphatic heterocycles. The maximum absolute atomic E-state index is 14.5. The van der Waals surface area contributed by atoms with E-state index in [4.69, 9.17) is 5.73 Å². The van der Waals surface area contributed by atoms with Crippen molar-refractivity contribution in [2.45, 2.75) is 89.4 Å². The van der Waals surface area contributed by atoms with Crippen LogP contribution in [0.15, 0.2) is 35.5 Å². The average Bonchev–Trinajstić information content (AvgIpc) is 3.65.